The van der Waals surface area contributed by atoms with Gasteiger partial charge in [0, 0.05) is 31.3 Å². The van der Waals surface area contributed by atoms with Crippen LogP contribution in [0.2, 0.25) is 0 Å². The Labute approximate surface area is 202 Å². The van der Waals surface area contributed by atoms with Gasteiger partial charge >= 0.3 is 0 Å². The highest BCUT2D eigenvalue weighted by molar-refractivity contribution is 6.24. The summed E-state index contributed by atoms with van der Waals surface area (Å²) in [6.07, 6.45) is 0.789. The summed E-state index contributed by atoms with van der Waals surface area (Å²) in [5.41, 5.74) is 3.70. The number of nitrogens with two attached hydrogens (primary N) is 1. The predicted octanol–water partition coefficient (Wildman–Crippen LogP) is 0.749. The Hall–Kier alpha value is -3.37. The smallest absolute Gasteiger partial charge is 0.255 e. The first-order valence-corrected chi connectivity index (χ1v) is 11.5. The highest BCUT2D eigenvalue weighted by Crippen LogP contribution is 2.53. The van der Waals surface area contributed by atoms with Gasteiger partial charge < -0.3 is 31.1 Å². The van der Waals surface area contributed by atoms with Crippen molar-refractivity contribution in [3.63, 3.8) is 0 Å². The summed E-state index contributed by atoms with van der Waals surface area (Å²) in [4.78, 5) is 42.5. The summed E-state index contributed by atoms with van der Waals surface area (Å²) in [6, 6.07) is 0.819. The summed E-state index contributed by atoms with van der Waals surface area (Å²) in [7, 11) is 6.85. The maximum Gasteiger partial charge on any atom is 0.255 e. The molecule has 0 radical (unpaired) electrons. The molecule has 0 aliphatic heterocycles. The van der Waals surface area contributed by atoms with Crippen molar-refractivity contribution in [1.82, 2.24) is 4.90 Å². The monoisotopic (exact) mass is 485 g/mol. The van der Waals surface area contributed by atoms with Gasteiger partial charge in [-0.05, 0) is 56.5 Å². The van der Waals surface area contributed by atoms with Crippen molar-refractivity contribution in [2.75, 3.05) is 33.1 Å². The molecule has 188 valence electrons. The first-order chi connectivity index (χ1) is 16.3. The Morgan fingerprint density at radius 1 is 1.17 bits per heavy atom. The molecule has 0 spiro atoms. The Morgan fingerprint density at radius 3 is 2.31 bits per heavy atom. The summed E-state index contributed by atoms with van der Waals surface area (Å²) in [6.45, 7) is 1.84. The number of anilines is 1. The van der Waals surface area contributed by atoms with E-state index in [1.165, 1.54) is 4.90 Å². The molecule has 1 aromatic rings. The van der Waals surface area contributed by atoms with Crippen LogP contribution in [0.5, 0.6) is 5.75 Å². The Bertz CT molecular complexity index is 1230. The summed E-state index contributed by atoms with van der Waals surface area (Å²) in [5, 5.41) is 44.7. The van der Waals surface area contributed by atoms with Crippen LogP contribution in [-0.2, 0) is 22.4 Å². The molecule has 1 amide bonds. The number of fused-ring (bicyclic) bond motifs is 3. The number of likely N-dealkylation sites (N-methyl/N-ethyl adjacent to an activating group) is 1. The number of benzene rings is 1. The molecular formula is C25H31N3O7. The quantitative estimate of drug-likeness (QED) is 0.387. The number of Topliss-reactive ketones (excluding diaryl/α,β-unsaturated/α-hetero) is 2. The molecule has 10 heteroatoms. The van der Waals surface area contributed by atoms with Crippen LogP contribution in [0.25, 0.3) is 0 Å². The minimum absolute atomic E-state index is 0.0360. The van der Waals surface area contributed by atoms with Crippen LogP contribution in [0, 0.1) is 11.8 Å². The van der Waals surface area contributed by atoms with Crippen molar-refractivity contribution in [3.8, 4) is 5.75 Å². The van der Waals surface area contributed by atoms with Gasteiger partial charge in [-0.1, -0.05) is 6.92 Å². The number of aromatic hydroxyl groups is 1. The van der Waals surface area contributed by atoms with Crippen LogP contribution in [-0.4, -0.2) is 82.6 Å². The number of hydrogen-bond donors (Lipinski definition) is 5. The number of primary amides is 1. The molecule has 0 saturated carbocycles. The number of carbonyl (C=O) groups is 3. The number of hydrogen-bond acceptors (Lipinski definition) is 9. The van der Waals surface area contributed by atoms with Gasteiger partial charge in [0.25, 0.3) is 5.91 Å². The number of carbonyl (C=O) groups excluding carboxylic acids is 3. The third kappa shape index (κ3) is 3.20. The molecule has 0 aromatic heterocycles. The second-order valence-corrected chi connectivity index (χ2v) is 9.97. The van der Waals surface area contributed by atoms with E-state index in [9.17, 15) is 34.8 Å². The molecule has 4 atom stereocenters. The lowest BCUT2D eigenvalue weighted by Gasteiger charge is -2.50. The third-order valence-electron chi connectivity index (χ3n) is 7.64. The van der Waals surface area contributed by atoms with E-state index in [0.717, 1.165) is 5.69 Å². The standard InChI is InChI=1S/C25H31N3O7/c1-6-10-9-14(27(2)3)12-7-11-8-13-18(28(4)5)21(31)17(24(26)34)23(33)25(13,35)22(32)15(11)20(30)16(12)19(10)29/h9,11,13,18,29,31-32,35H,6-8H2,1-5H3,(H2,26,34)/t11-,13+,18?,25+/m1/s1. The molecule has 0 heterocycles. The van der Waals surface area contributed by atoms with Crippen molar-refractivity contribution < 1.29 is 34.8 Å². The van der Waals surface area contributed by atoms with Crippen LogP contribution < -0.4 is 10.6 Å². The number of phenols is 1. The number of amides is 1. The van der Waals surface area contributed by atoms with E-state index >= 15 is 0 Å². The zero-order valence-corrected chi connectivity index (χ0v) is 20.4. The molecule has 10 nitrogen and oxygen atoms in total. The highest BCUT2D eigenvalue weighted by Gasteiger charge is 2.63. The molecule has 0 fully saturated rings. The summed E-state index contributed by atoms with van der Waals surface area (Å²) >= 11 is 0. The van der Waals surface area contributed by atoms with Gasteiger partial charge in [-0.3, -0.25) is 19.3 Å². The SMILES string of the molecule is CCc1cc(N(C)C)c2c(c1O)C(=O)C1=C(O)[C@]3(O)C(=O)C(C(N)=O)=C(O)C(N(C)C)[C@@H]3C[C@H]1C2. The van der Waals surface area contributed by atoms with Crippen LogP contribution in [0.15, 0.2) is 28.7 Å². The lowest BCUT2D eigenvalue weighted by Crippen LogP contribution is -2.63. The van der Waals surface area contributed by atoms with E-state index in [1.54, 1.807) is 14.1 Å². The highest BCUT2D eigenvalue weighted by atomic mass is 16.3. The molecule has 0 saturated heterocycles. The fourth-order valence-corrected chi connectivity index (χ4v) is 6.02. The number of aliphatic hydroxyl groups is 3. The van der Waals surface area contributed by atoms with Crippen LogP contribution >= 0.6 is 0 Å². The largest absolute Gasteiger partial charge is 0.510 e. The van der Waals surface area contributed by atoms with E-state index in [2.05, 4.69) is 0 Å². The zero-order chi connectivity index (χ0) is 26.1. The number of aliphatic hydroxyl groups excluding tert-OH is 2. The van der Waals surface area contributed by atoms with E-state index in [1.807, 2.05) is 32.0 Å². The van der Waals surface area contributed by atoms with Gasteiger partial charge in [-0.25, -0.2) is 0 Å². The summed E-state index contributed by atoms with van der Waals surface area (Å²) < 4.78 is 0. The van der Waals surface area contributed by atoms with E-state index in [4.69, 9.17) is 5.73 Å². The first kappa shape index (κ1) is 24.7. The van der Waals surface area contributed by atoms with E-state index in [-0.39, 0.29) is 29.7 Å². The van der Waals surface area contributed by atoms with Crippen molar-refractivity contribution in [2.24, 2.45) is 17.6 Å². The molecule has 6 N–H and O–H groups in total. The van der Waals surface area contributed by atoms with Gasteiger partial charge in [0.05, 0.1) is 11.6 Å². The Balaban J connectivity index is 2.00. The molecule has 1 unspecified atom stereocenters. The molecular weight excluding hydrogens is 454 g/mol. The fraction of sp³-hybridized carbons (Fsp3) is 0.480. The maximum absolute atomic E-state index is 13.8. The minimum Gasteiger partial charge on any atom is -0.510 e. The number of aryl methyl sites for hydroxylation is 1. The number of ketones is 2. The number of nitrogens with zero attached hydrogens (tertiary/aromatic N) is 2. The second kappa shape index (κ2) is 8.10. The lowest BCUT2D eigenvalue weighted by molar-refractivity contribution is -0.148. The van der Waals surface area contributed by atoms with Crippen LogP contribution in [0.3, 0.4) is 0 Å². The number of rotatable bonds is 4. The predicted molar refractivity (Wildman–Crippen MR) is 127 cm³/mol. The van der Waals surface area contributed by atoms with E-state index < -0.39 is 58.0 Å². The average Bonchev–Trinajstić information content (AvgIpc) is 2.75. The minimum atomic E-state index is -2.63. The average molecular weight is 486 g/mol. The van der Waals surface area contributed by atoms with Gasteiger partial charge in [-0.2, -0.15) is 0 Å². The normalized spacial score (nSPS) is 28.1. The zero-order valence-electron chi connectivity index (χ0n) is 20.4. The first-order valence-electron chi connectivity index (χ1n) is 11.5. The van der Waals surface area contributed by atoms with Crippen molar-refractivity contribution in [2.45, 2.75) is 37.8 Å². The topological polar surface area (TPSA) is 165 Å². The van der Waals surface area contributed by atoms with Gasteiger partial charge in [0.1, 0.15) is 22.8 Å². The second-order valence-electron chi connectivity index (χ2n) is 9.97. The third-order valence-corrected chi connectivity index (χ3v) is 7.64. The Kier molecular flexibility index (Phi) is 5.72. The lowest BCUT2D eigenvalue weighted by atomic mass is 9.58. The molecule has 3 aliphatic carbocycles. The number of allylic oxidation sites excluding steroid dienone is 1. The molecule has 4 rings (SSSR count). The van der Waals surface area contributed by atoms with Gasteiger partial charge in [0.15, 0.2) is 11.4 Å². The van der Waals surface area contributed by atoms with Crippen LogP contribution in [0.1, 0.15) is 34.8 Å². The molecule has 0 bridgehead atoms. The fourth-order valence-electron chi connectivity index (χ4n) is 6.02. The molecule has 1 aromatic carbocycles. The Morgan fingerprint density at radius 2 is 1.80 bits per heavy atom. The molecule has 3 aliphatic rings. The van der Waals surface area contributed by atoms with Gasteiger partial charge in [0.2, 0.25) is 5.78 Å². The van der Waals surface area contributed by atoms with Crippen molar-refractivity contribution >= 4 is 23.2 Å². The molecule has 35 heavy (non-hydrogen) atoms. The van der Waals surface area contributed by atoms with Crippen molar-refractivity contribution in [1.29, 1.82) is 0 Å². The summed E-state index contributed by atoms with van der Waals surface area (Å²) in [5.74, 6) is -6.43. The van der Waals surface area contributed by atoms with Gasteiger partial charge in [-0.15, -0.1) is 0 Å². The maximum atomic E-state index is 13.8. The van der Waals surface area contributed by atoms with Crippen molar-refractivity contribution in [3.05, 3.63) is 45.4 Å². The number of phenolic OH excluding ortho intramolecular Hbond substituents is 1. The van der Waals surface area contributed by atoms with Crippen LogP contribution in [0.4, 0.5) is 5.69 Å². The van der Waals surface area contributed by atoms with E-state index in [0.29, 0.717) is 17.5 Å².